The maximum absolute atomic E-state index is 13.6. The predicted octanol–water partition coefficient (Wildman–Crippen LogP) is 4.12. The molecule has 2 fully saturated rings. The van der Waals surface area contributed by atoms with E-state index in [1.807, 2.05) is 35.2 Å². The van der Waals surface area contributed by atoms with Crippen LogP contribution in [0.3, 0.4) is 0 Å². The molecular formula is C26H31N5O2S. The summed E-state index contributed by atoms with van der Waals surface area (Å²) in [7, 11) is 0. The topological polar surface area (TPSA) is 63.5 Å². The number of ether oxygens (including phenoxy) is 1. The monoisotopic (exact) mass is 477 g/mol. The van der Waals surface area contributed by atoms with Gasteiger partial charge in [-0.2, -0.15) is 0 Å². The summed E-state index contributed by atoms with van der Waals surface area (Å²) < 4.78 is 7.68. The zero-order chi connectivity index (χ0) is 23.3. The molecule has 0 bridgehead atoms. The maximum Gasteiger partial charge on any atom is 0.240 e. The van der Waals surface area contributed by atoms with Crippen molar-refractivity contribution in [3.63, 3.8) is 0 Å². The van der Waals surface area contributed by atoms with Gasteiger partial charge in [-0.1, -0.05) is 61.2 Å². The van der Waals surface area contributed by atoms with Crippen molar-refractivity contribution in [2.75, 3.05) is 44.3 Å². The third-order valence-electron chi connectivity index (χ3n) is 6.45. The highest BCUT2D eigenvalue weighted by atomic mass is 32.2. The Kier molecular flexibility index (Phi) is 7.16. The molecule has 5 rings (SSSR count). The number of thioether (sulfide) groups is 1. The van der Waals surface area contributed by atoms with E-state index in [0.29, 0.717) is 13.2 Å². The van der Waals surface area contributed by atoms with Gasteiger partial charge in [-0.3, -0.25) is 9.36 Å². The van der Waals surface area contributed by atoms with Crippen LogP contribution >= 0.6 is 11.8 Å². The third kappa shape index (κ3) is 4.83. The first-order valence-corrected chi connectivity index (χ1v) is 13.0. The van der Waals surface area contributed by atoms with E-state index in [0.717, 1.165) is 67.8 Å². The molecule has 2 aromatic carbocycles. The van der Waals surface area contributed by atoms with Crippen LogP contribution < -0.4 is 4.90 Å². The van der Waals surface area contributed by atoms with Gasteiger partial charge in [0.1, 0.15) is 5.25 Å². The van der Waals surface area contributed by atoms with Gasteiger partial charge in [0.2, 0.25) is 11.9 Å². The number of likely N-dealkylation sites (tertiary alicyclic amines) is 1. The van der Waals surface area contributed by atoms with E-state index >= 15 is 0 Å². The second kappa shape index (κ2) is 10.6. The fourth-order valence-electron chi connectivity index (χ4n) is 4.55. The number of hydrogen-bond donors (Lipinski definition) is 0. The van der Waals surface area contributed by atoms with Crippen LogP contribution in [0.25, 0.3) is 5.69 Å². The van der Waals surface area contributed by atoms with Gasteiger partial charge in [-0.05, 0) is 42.5 Å². The lowest BCUT2D eigenvalue weighted by Crippen LogP contribution is -2.38. The zero-order valence-electron chi connectivity index (χ0n) is 19.6. The first-order valence-electron chi connectivity index (χ1n) is 12.1. The molecule has 0 N–H and O–H groups in total. The van der Waals surface area contributed by atoms with Crippen LogP contribution in [-0.2, 0) is 16.0 Å². The number of morpholine rings is 1. The Morgan fingerprint density at radius 2 is 1.76 bits per heavy atom. The van der Waals surface area contributed by atoms with E-state index in [1.54, 1.807) is 0 Å². The number of benzene rings is 2. The summed E-state index contributed by atoms with van der Waals surface area (Å²) >= 11 is 1.50. The molecule has 0 spiro atoms. The van der Waals surface area contributed by atoms with Crippen LogP contribution in [0.5, 0.6) is 0 Å². The summed E-state index contributed by atoms with van der Waals surface area (Å²) in [5.41, 5.74) is 3.27. The Morgan fingerprint density at radius 3 is 2.50 bits per heavy atom. The fraction of sp³-hybridized carbons (Fsp3) is 0.423. The van der Waals surface area contributed by atoms with Crippen molar-refractivity contribution in [3.05, 3.63) is 65.7 Å². The van der Waals surface area contributed by atoms with Crippen LogP contribution in [0.15, 0.2) is 59.8 Å². The highest BCUT2D eigenvalue weighted by molar-refractivity contribution is 8.00. The Balaban J connectivity index is 1.55. The molecule has 1 unspecified atom stereocenters. The molecule has 178 valence electrons. The fourth-order valence-corrected chi connectivity index (χ4v) is 5.68. The SMILES string of the molecule is CCc1cccc(-n2c(SC(C(=O)N3CCCC3)c3ccccc3)nnc2N2CCOCC2)c1. The van der Waals surface area contributed by atoms with Gasteiger partial charge in [0.25, 0.3) is 0 Å². The van der Waals surface area contributed by atoms with E-state index in [-0.39, 0.29) is 11.2 Å². The molecule has 7 nitrogen and oxygen atoms in total. The van der Waals surface area contributed by atoms with Gasteiger partial charge in [-0.25, -0.2) is 0 Å². The van der Waals surface area contributed by atoms with E-state index < -0.39 is 0 Å². The molecule has 1 amide bonds. The van der Waals surface area contributed by atoms with Gasteiger partial charge in [0, 0.05) is 26.2 Å². The molecule has 8 heteroatoms. The maximum atomic E-state index is 13.6. The average Bonchev–Trinajstić information content (AvgIpc) is 3.59. The van der Waals surface area contributed by atoms with Crippen LogP contribution in [0, 0.1) is 0 Å². The van der Waals surface area contributed by atoms with Crippen molar-refractivity contribution >= 4 is 23.6 Å². The van der Waals surface area contributed by atoms with Crippen molar-refractivity contribution in [1.82, 2.24) is 19.7 Å². The van der Waals surface area contributed by atoms with Gasteiger partial charge in [0.05, 0.1) is 18.9 Å². The molecule has 1 aromatic heterocycles. The second-order valence-electron chi connectivity index (χ2n) is 8.68. The Labute approximate surface area is 205 Å². The van der Waals surface area contributed by atoms with Crippen molar-refractivity contribution in [1.29, 1.82) is 0 Å². The molecular weight excluding hydrogens is 446 g/mol. The largest absolute Gasteiger partial charge is 0.378 e. The van der Waals surface area contributed by atoms with Crippen molar-refractivity contribution < 1.29 is 9.53 Å². The number of carbonyl (C=O) groups excluding carboxylic acids is 1. The lowest BCUT2D eigenvalue weighted by molar-refractivity contribution is -0.129. The quantitative estimate of drug-likeness (QED) is 0.477. The smallest absolute Gasteiger partial charge is 0.240 e. The molecule has 2 saturated heterocycles. The number of hydrogen-bond acceptors (Lipinski definition) is 6. The molecule has 34 heavy (non-hydrogen) atoms. The van der Waals surface area contributed by atoms with Crippen molar-refractivity contribution in [2.45, 2.75) is 36.6 Å². The van der Waals surface area contributed by atoms with Crippen LogP contribution in [0.2, 0.25) is 0 Å². The number of amides is 1. The number of aryl methyl sites for hydroxylation is 1. The van der Waals surface area contributed by atoms with Crippen LogP contribution in [-0.4, -0.2) is 65.0 Å². The van der Waals surface area contributed by atoms with Crippen molar-refractivity contribution in [2.24, 2.45) is 0 Å². The number of anilines is 1. The summed E-state index contributed by atoms with van der Waals surface area (Å²) in [5.74, 6) is 0.956. The molecule has 0 radical (unpaired) electrons. The molecule has 3 aromatic rings. The number of aromatic nitrogens is 3. The minimum Gasteiger partial charge on any atom is -0.378 e. The van der Waals surface area contributed by atoms with Crippen molar-refractivity contribution in [3.8, 4) is 5.69 Å². The summed E-state index contributed by atoms with van der Waals surface area (Å²) in [4.78, 5) is 17.8. The number of nitrogens with zero attached hydrogens (tertiary/aromatic N) is 5. The highest BCUT2D eigenvalue weighted by Gasteiger charge is 2.32. The summed E-state index contributed by atoms with van der Waals surface area (Å²) in [6, 6.07) is 18.5. The summed E-state index contributed by atoms with van der Waals surface area (Å²) in [6.45, 7) is 6.69. The first kappa shape index (κ1) is 22.9. The Hall–Kier alpha value is -2.84. The van der Waals surface area contributed by atoms with Gasteiger partial charge >= 0.3 is 0 Å². The number of rotatable bonds is 7. The van der Waals surface area contributed by atoms with Crippen LogP contribution in [0.1, 0.15) is 36.1 Å². The standard InChI is InChI=1S/C26H31N5O2S/c1-2-20-9-8-12-22(19-20)31-25(30-15-17-33-18-16-30)27-28-26(31)34-23(21-10-4-3-5-11-21)24(32)29-13-6-7-14-29/h3-5,8-12,19,23H,2,6-7,13-18H2,1H3. The van der Waals surface area contributed by atoms with Gasteiger partial charge in [-0.15, -0.1) is 10.2 Å². The Bertz CT molecular complexity index is 1110. The van der Waals surface area contributed by atoms with E-state index in [9.17, 15) is 4.79 Å². The molecule has 3 heterocycles. The molecule has 0 saturated carbocycles. The summed E-state index contributed by atoms with van der Waals surface area (Å²) in [6.07, 6.45) is 3.09. The van der Waals surface area contributed by atoms with Crippen LogP contribution in [0.4, 0.5) is 5.95 Å². The third-order valence-corrected chi connectivity index (χ3v) is 7.64. The van der Waals surface area contributed by atoms with E-state index in [2.05, 4.69) is 50.9 Å². The predicted molar refractivity (Wildman–Crippen MR) is 135 cm³/mol. The minimum atomic E-state index is -0.367. The highest BCUT2D eigenvalue weighted by Crippen LogP contribution is 2.39. The summed E-state index contributed by atoms with van der Waals surface area (Å²) in [5, 5.41) is 9.60. The molecule has 2 aliphatic heterocycles. The normalized spacial score (nSPS) is 17.2. The van der Waals surface area contributed by atoms with E-state index in [1.165, 1.54) is 17.3 Å². The number of carbonyl (C=O) groups is 1. The lowest BCUT2D eigenvalue weighted by atomic mass is 10.1. The van der Waals surface area contributed by atoms with Gasteiger partial charge < -0.3 is 14.5 Å². The molecule has 0 aliphatic carbocycles. The zero-order valence-corrected chi connectivity index (χ0v) is 20.4. The molecule has 2 aliphatic rings. The molecule has 1 atom stereocenters. The van der Waals surface area contributed by atoms with E-state index in [4.69, 9.17) is 4.74 Å². The Morgan fingerprint density at radius 1 is 1.00 bits per heavy atom. The van der Waals surface area contributed by atoms with Gasteiger partial charge in [0.15, 0.2) is 5.16 Å². The second-order valence-corrected chi connectivity index (χ2v) is 9.75. The first-order chi connectivity index (χ1) is 16.7. The lowest BCUT2D eigenvalue weighted by Gasteiger charge is -2.28. The minimum absolute atomic E-state index is 0.151. The average molecular weight is 478 g/mol.